The fourth-order valence-corrected chi connectivity index (χ4v) is 5.79. The van der Waals surface area contributed by atoms with E-state index in [1.807, 2.05) is 12.4 Å². The fourth-order valence-electron chi connectivity index (χ4n) is 5.79. The summed E-state index contributed by atoms with van der Waals surface area (Å²) in [6.07, 6.45) is 16.1. The van der Waals surface area contributed by atoms with Crippen LogP contribution in [0.1, 0.15) is 106 Å². The van der Waals surface area contributed by atoms with Gasteiger partial charge in [0.05, 0.1) is 11.4 Å². The van der Waals surface area contributed by atoms with Gasteiger partial charge in [-0.25, -0.2) is 0 Å². The Bertz CT molecular complexity index is 1370. The van der Waals surface area contributed by atoms with Crippen molar-refractivity contribution in [2.45, 2.75) is 100 Å². The van der Waals surface area contributed by atoms with E-state index in [9.17, 15) is 0 Å². The average Bonchev–Trinajstić information content (AvgIpc) is 3.56. The predicted molar refractivity (Wildman–Crippen MR) is 159 cm³/mol. The van der Waals surface area contributed by atoms with Crippen LogP contribution >= 0.6 is 0 Å². The van der Waals surface area contributed by atoms with Gasteiger partial charge in [0.25, 0.3) is 0 Å². The van der Waals surface area contributed by atoms with Crippen molar-refractivity contribution in [3.8, 4) is 0 Å². The van der Waals surface area contributed by atoms with E-state index in [-0.39, 0.29) is 19.5 Å². The van der Waals surface area contributed by atoms with Crippen LogP contribution in [0.5, 0.6) is 0 Å². The molecular weight excluding hydrogens is 518 g/mol. The number of rotatable bonds is 10. The standard InChI is InChI=1S/C33H42N4.Zn/c1-9-26-20(3)18-34-32(26)16-30-22(5)28(24(7)36-30)14-12-11-13-15-29-23(6)31(37-25(29)8)17-33-27(10-2)21(4)19-35-33;/h16-19H,9-15H2,1-8H3;/q-2;+2/b30-16?,33-17+;. The van der Waals surface area contributed by atoms with Crippen LogP contribution in [-0.2, 0) is 32.3 Å². The van der Waals surface area contributed by atoms with Crippen LogP contribution < -0.4 is 9.97 Å². The number of nitrogens with zero attached hydrogens (tertiary/aromatic N) is 4. The molecular formula is C33H42N4Zn. The maximum atomic E-state index is 4.90. The van der Waals surface area contributed by atoms with Gasteiger partial charge in [0, 0.05) is 11.9 Å². The molecule has 2 aromatic rings. The molecule has 0 aliphatic carbocycles. The maximum Gasteiger partial charge on any atom is 2.00 e. The second-order valence-corrected chi connectivity index (χ2v) is 10.5. The smallest absolute Gasteiger partial charge is 0.664 e. The van der Waals surface area contributed by atoms with E-state index >= 15 is 0 Å². The van der Waals surface area contributed by atoms with Crippen LogP contribution in [0.15, 0.2) is 49.9 Å². The summed E-state index contributed by atoms with van der Waals surface area (Å²) in [6.45, 7) is 17.4. The molecule has 0 N–H and O–H groups in total. The molecule has 0 unspecified atom stereocenters. The number of hydrogen-bond donors (Lipinski definition) is 0. The first-order valence-electron chi connectivity index (χ1n) is 13.9. The summed E-state index contributed by atoms with van der Waals surface area (Å²) in [5, 5.41) is 0. The van der Waals surface area contributed by atoms with Crippen LogP contribution in [0.25, 0.3) is 12.2 Å². The molecule has 4 rings (SSSR count). The third-order valence-corrected chi connectivity index (χ3v) is 8.10. The second-order valence-electron chi connectivity index (χ2n) is 10.5. The molecule has 0 saturated carbocycles. The Morgan fingerprint density at radius 1 is 0.789 bits per heavy atom. The van der Waals surface area contributed by atoms with Crippen molar-refractivity contribution in [3.05, 3.63) is 79.2 Å². The Balaban J connectivity index is 0.00000400. The molecule has 196 valence electrons. The van der Waals surface area contributed by atoms with Gasteiger partial charge in [-0.3, -0.25) is 9.98 Å². The quantitative estimate of drug-likeness (QED) is 0.218. The Morgan fingerprint density at radius 2 is 1.50 bits per heavy atom. The van der Waals surface area contributed by atoms with Gasteiger partial charge in [0.2, 0.25) is 0 Å². The van der Waals surface area contributed by atoms with Crippen LogP contribution in [0.3, 0.4) is 0 Å². The van der Waals surface area contributed by atoms with Gasteiger partial charge in [-0.2, -0.15) is 11.9 Å². The van der Waals surface area contributed by atoms with Gasteiger partial charge in [-0.1, -0.05) is 61.6 Å². The van der Waals surface area contributed by atoms with E-state index in [1.165, 1.54) is 75.2 Å². The van der Waals surface area contributed by atoms with Crippen LogP contribution in [0, 0.1) is 20.8 Å². The van der Waals surface area contributed by atoms with Gasteiger partial charge in [0.1, 0.15) is 0 Å². The average molecular weight is 560 g/mol. The van der Waals surface area contributed by atoms with Crippen molar-refractivity contribution >= 4 is 24.1 Å². The van der Waals surface area contributed by atoms with E-state index in [0.29, 0.717) is 0 Å². The van der Waals surface area contributed by atoms with Crippen molar-refractivity contribution in [2.75, 3.05) is 0 Å². The molecule has 2 aromatic heterocycles. The number of unbranched alkanes of at least 4 members (excludes halogenated alkanes) is 2. The maximum absolute atomic E-state index is 4.90. The number of aliphatic imine (C=N–C) groups is 2. The zero-order valence-corrected chi connectivity index (χ0v) is 27.7. The summed E-state index contributed by atoms with van der Waals surface area (Å²) < 4.78 is 0. The van der Waals surface area contributed by atoms with E-state index in [4.69, 9.17) is 9.98 Å². The molecule has 0 aromatic carbocycles. The third kappa shape index (κ3) is 6.20. The van der Waals surface area contributed by atoms with E-state index < -0.39 is 0 Å². The van der Waals surface area contributed by atoms with Crippen molar-refractivity contribution in [1.82, 2.24) is 9.97 Å². The second kappa shape index (κ2) is 13.0. The minimum Gasteiger partial charge on any atom is -0.664 e. The van der Waals surface area contributed by atoms with E-state index in [2.05, 4.69) is 77.5 Å². The first-order chi connectivity index (χ1) is 17.7. The molecule has 38 heavy (non-hydrogen) atoms. The predicted octanol–water partition coefficient (Wildman–Crippen LogP) is 8.17. The van der Waals surface area contributed by atoms with E-state index in [0.717, 1.165) is 48.5 Å². The molecule has 0 spiro atoms. The normalized spacial score (nSPS) is 17.4. The summed E-state index contributed by atoms with van der Waals surface area (Å²) >= 11 is 0. The molecule has 0 radical (unpaired) electrons. The largest absolute Gasteiger partial charge is 2.00 e. The molecule has 0 atom stereocenters. The molecule has 2 aliphatic rings. The van der Waals surface area contributed by atoms with Crippen LogP contribution in [-0.4, -0.2) is 11.9 Å². The minimum atomic E-state index is 0. The van der Waals surface area contributed by atoms with Crippen molar-refractivity contribution in [2.24, 2.45) is 9.98 Å². The third-order valence-electron chi connectivity index (χ3n) is 8.10. The molecule has 2 aliphatic heterocycles. The molecule has 0 fully saturated rings. The van der Waals surface area contributed by atoms with Crippen molar-refractivity contribution < 1.29 is 19.5 Å². The molecule has 0 amide bonds. The SMILES string of the molecule is CCC1=C(C)C=N/C1=C/c1[n-]c(C)c(CCCCCC2=C(C)C(=Cc3[n-]cc(C)c3CC)N=C2C)c1C.[Zn+2]. The van der Waals surface area contributed by atoms with E-state index in [1.54, 1.807) is 0 Å². The molecule has 0 saturated heterocycles. The number of hydrogen-bond acceptors (Lipinski definition) is 2. The zero-order chi connectivity index (χ0) is 26.7. The number of allylic oxidation sites excluding steroid dienone is 4. The number of aryl methyl sites for hydroxylation is 2. The summed E-state index contributed by atoms with van der Waals surface area (Å²) in [6, 6.07) is 0. The Kier molecular flexibility index (Phi) is 10.3. The summed E-state index contributed by atoms with van der Waals surface area (Å²) in [5.41, 5.74) is 17.3. The fraction of sp³-hybridized carbons (Fsp3) is 0.455. The summed E-state index contributed by atoms with van der Waals surface area (Å²) in [5.74, 6) is 0. The minimum absolute atomic E-state index is 0. The summed E-state index contributed by atoms with van der Waals surface area (Å²) in [4.78, 5) is 19.0. The summed E-state index contributed by atoms with van der Waals surface area (Å²) in [7, 11) is 0. The molecule has 4 heterocycles. The molecule has 4 nitrogen and oxygen atoms in total. The topological polar surface area (TPSA) is 52.9 Å². The van der Waals surface area contributed by atoms with Gasteiger partial charge < -0.3 is 9.97 Å². The molecule has 0 bridgehead atoms. The van der Waals surface area contributed by atoms with Crippen molar-refractivity contribution in [1.29, 1.82) is 0 Å². The van der Waals surface area contributed by atoms with Gasteiger partial charge in [-0.05, 0) is 95.4 Å². The zero-order valence-electron chi connectivity index (χ0n) is 24.8. The van der Waals surface area contributed by atoms with Crippen LogP contribution in [0.2, 0.25) is 0 Å². The molecule has 5 heteroatoms. The van der Waals surface area contributed by atoms with Gasteiger partial charge in [0.15, 0.2) is 0 Å². The van der Waals surface area contributed by atoms with Crippen molar-refractivity contribution in [3.63, 3.8) is 0 Å². The van der Waals surface area contributed by atoms with Crippen LogP contribution in [0.4, 0.5) is 0 Å². The Morgan fingerprint density at radius 3 is 2.21 bits per heavy atom. The monoisotopic (exact) mass is 558 g/mol. The number of aromatic nitrogens is 2. The first-order valence-corrected chi connectivity index (χ1v) is 13.9. The van der Waals surface area contributed by atoms with Gasteiger partial charge in [-0.15, -0.1) is 11.4 Å². The van der Waals surface area contributed by atoms with Gasteiger partial charge >= 0.3 is 19.5 Å². The Hall–Kier alpha value is -2.52. The Labute approximate surface area is 242 Å². The first kappa shape index (κ1) is 30.0.